The molecular weight excluding hydrogens is 543 g/mol. The normalized spacial score (nSPS) is 17.4. The zero-order valence-corrected chi connectivity index (χ0v) is 24.4. The fourth-order valence-corrected chi connectivity index (χ4v) is 5.69. The van der Waals surface area contributed by atoms with E-state index in [9.17, 15) is 19.5 Å². The number of hydrogen-bond donors (Lipinski definition) is 2. The number of ether oxygens (including phenoxy) is 2. The fraction of sp³-hybridized carbons (Fsp3) is 0.452. The molecule has 0 spiro atoms. The van der Waals surface area contributed by atoms with Gasteiger partial charge in [0.05, 0.1) is 31.2 Å². The number of fused-ring (bicyclic) bond motifs is 1. The summed E-state index contributed by atoms with van der Waals surface area (Å²) in [6.07, 6.45) is 3.29. The summed E-state index contributed by atoms with van der Waals surface area (Å²) in [6, 6.07) is 6.07. The molecule has 11 heteroatoms. The predicted molar refractivity (Wildman–Crippen MR) is 157 cm³/mol. The number of methoxy groups -OCH3 is 1. The van der Waals surface area contributed by atoms with Gasteiger partial charge in [0.25, 0.3) is 5.91 Å². The molecule has 224 valence electrons. The number of piperazine rings is 1. The van der Waals surface area contributed by atoms with E-state index in [0.717, 1.165) is 24.0 Å². The quantitative estimate of drug-likeness (QED) is 0.370. The van der Waals surface area contributed by atoms with Gasteiger partial charge in [-0.25, -0.2) is 4.39 Å². The maximum absolute atomic E-state index is 15.9. The summed E-state index contributed by atoms with van der Waals surface area (Å²) in [4.78, 5) is 42.8. The van der Waals surface area contributed by atoms with Gasteiger partial charge in [-0.2, -0.15) is 0 Å². The number of hydrogen-bond acceptors (Lipinski definition) is 8. The highest BCUT2D eigenvalue weighted by Crippen LogP contribution is 2.44. The Balaban J connectivity index is 1.49. The molecule has 1 aromatic heterocycles. The highest BCUT2D eigenvalue weighted by Gasteiger charge is 2.33. The Hall–Kier alpha value is -4.12. The second kappa shape index (κ2) is 12.0. The van der Waals surface area contributed by atoms with Crippen molar-refractivity contribution in [2.45, 2.75) is 52.2 Å². The summed E-state index contributed by atoms with van der Waals surface area (Å²) < 4.78 is 28.7. The highest BCUT2D eigenvalue weighted by molar-refractivity contribution is 6.00. The van der Waals surface area contributed by atoms with Gasteiger partial charge in [-0.3, -0.25) is 19.3 Å². The lowest BCUT2D eigenvalue weighted by Gasteiger charge is -2.41. The standard InChI is InChI=1S/C31H37FN4O6/c1-5-42-26(38)17-34-10-11-35(15-19(34)3)28-25(32)13-23-27(30(28)41-4)36(21-7-8-21)16-24(29(23)39)31(40)33-14-20-6-9-22(37)12-18(20)2/h6,9,12-13,16,19,21,37H,5,7-8,10-11,14-15,17H2,1-4H3,(H,33,40). The number of phenolic OH excluding ortho intramolecular Hbond substituents is 1. The topological polar surface area (TPSA) is 113 Å². The average Bonchev–Trinajstić information content (AvgIpc) is 3.79. The molecule has 1 aliphatic heterocycles. The van der Waals surface area contributed by atoms with Crippen LogP contribution in [-0.2, 0) is 16.1 Å². The van der Waals surface area contributed by atoms with E-state index in [1.807, 2.05) is 28.2 Å². The largest absolute Gasteiger partial charge is 0.508 e. The molecule has 1 atom stereocenters. The monoisotopic (exact) mass is 580 g/mol. The third-order valence-electron chi connectivity index (χ3n) is 8.07. The van der Waals surface area contributed by atoms with Gasteiger partial charge in [0.1, 0.15) is 17.0 Å². The Morgan fingerprint density at radius 2 is 1.95 bits per heavy atom. The molecule has 1 unspecified atom stereocenters. The molecule has 2 N–H and O–H groups in total. The number of aromatic nitrogens is 1. The van der Waals surface area contributed by atoms with Crippen molar-refractivity contribution >= 4 is 28.5 Å². The predicted octanol–water partition coefficient (Wildman–Crippen LogP) is 3.50. The third kappa shape index (κ3) is 5.78. The first-order chi connectivity index (χ1) is 20.1. The Bertz CT molecular complexity index is 1580. The highest BCUT2D eigenvalue weighted by atomic mass is 19.1. The van der Waals surface area contributed by atoms with E-state index >= 15 is 4.39 Å². The molecule has 10 nitrogen and oxygen atoms in total. The van der Waals surface area contributed by atoms with Crippen LogP contribution in [0.3, 0.4) is 0 Å². The Labute approximate surface area is 243 Å². The van der Waals surface area contributed by atoms with E-state index in [0.29, 0.717) is 31.8 Å². The summed E-state index contributed by atoms with van der Waals surface area (Å²) in [5.74, 6) is -1.07. The van der Waals surface area contributed by atoms with E-state index in [4.69, 9.17) is 9.47 Å². The minimum absolute atomic E-state index is 0.0584. The molecule has 1 saturated carbocycles. The van der Waals surface area contributed by atoms with Gasteiger partial charge in [0, 0.05) is 44.5 Å². The van der Waals surface area contributed by atoms with Crippen LogP contribution in [0.2, 0.25) is 0 Å². The van der Waals surface area contributed by atoms with Crippen LogP contribution in [0.4, 0.5) is 10.1 Å². The number of nitrogens with one attached hydrogen (secondary N) is 1. The first-order valence-electron chi connectivity index (χ1n) is 14.3. The molecule has 1 aliphatic carbocycles. The smallest absolute Gasteiger partial charge is 0.320 e. The number of rotatable bonds is 9. The lowest BCUT2D eigenvalue weighted by molar-refractivity contribution is -0.145. The minimum atomic E-state index is -0.609. The second-order valence-corrected chi connectivity index (χ2v) is 11.0. The van der Waals surface area contributed by atoms with Crippen LogP contribution in [0.25, 0.3) is 10.9 Å². The summed E-state index contributed by atoms with van der Waals surface area (Å²) in [5.41, 5.74) is 1.70. The average molecular weight is 581 g/mol. The van der Waals surface area contributed by atoms with E-state index < -0.39 is 17.2 Å². The number of carbonyl (C=O) groups excluding carboxylic acids is 2. The third-order valence-corrected chi connectivity index (χ3v) is 8.07. The summed E-state index contributed by atoms with van der Waals surface area (Å²) in [5, 5.41) is 12.6. The van der Waals surface area contributed by atoms with E-state index in [1.54, 1.807) is 25.3 Å². The van der Waals surface area contributed by atoms with Crippen molar-refractivity contribution in [2.24, 2.45) is 0 Å². The lowest BCUT2D eigenvalue weighted by atomic mass is 10.1. The van der Waals surface area contributed by atoms with Gasteiger partial charge in [-0.15, -0.1) is 0 Å². The van der Waals surface area contributed by atoms with Crippen LogP contribution in [-0.4, -0.2) is 72.4 Å². The van der Waals surface area contributed by atoms with Crippen molar-refractivity contribution in [1.82, 2.24) is 14.8 Å². The molecule has 2 aromatic carbocycles. The molecule has 2 fully saturated rings. The Morgan fingerprint density at radius 3 is 2.60 bits per heavy atom. The Morgan fingerprint density at radius 1 is 1.19 bits per heavy atom. The van der Waals surface area contributed by atoms with Crippen molar-refractivity contribution < 1.29 is 28.6 Å². The molecule has 0 bridgehead atoms. The first kappa shape index (κ1) is 29.4. The molecule has 1 saturated heterocycles. The number of pyridine rings is 1. The zero-order chi connectivity index (χ0) is 30.1. The van der Waals surface area contributed by atoms with E-state index in [1.165, 1.54) is 19.2 Å². The maximum Gasteiger partial charge on any atom is 0.320 e. The number of carbonyl (C=O) groups is 2. The lowest BCUT2D eigenvalue weighted by Crippen LogP contribution is -2.53. The van der Waals surface area contributed by atoms with E-state index in [-0.39, 0.29) is 59.3 Å². The van der Waals surface area contributed by atoms with Gasteiger partial charge >= 0.3 is 5.97 Å². The summed E-state index contributed by atoms with van der Waals surface area (Å²) in [6.45, 7) is 7.64. The number of nitrogens with zero attached hydrogens (tertiary/aromatic N) is 3. The van der Waals surface area contributed by atoms with Gasteiger partial charge in [0.15, 0.2) is 11.6 Å². The molecule has 42 heavy (non-hydrogen) atoms. The van der Waals surface area contributed by atoms with Gasteiger partial charge in [-0.05, 0) is 62.9 Å². The summed E-state index contributed by atoms with van der Waals surface area (Å²) in [7, 11) is 1.46. The van der Waals surface area contributed by atoms with Crippen LogP contribution >= 0.6 is 0 Å². The summed E-state index contributed by atoms with van der Waals surface area (Å²) >= 11 is 0. The number of aryl methyl sites for hydroxylation is 1. The van der Waals surface area contributed by atoms with Crippen LogP contribution in [0.15, 0.2) is 35.3 Å². The number of aromatic hydroxyl groups is 1. The molecule has 1 amide bonds. The van der Waals surface area contributed by atoms with Crippen LogP contribution in [0, 0.1) is 12.7 Å². The SMILES string of the molecule is CCOC(=O)CN1CCN(c2c(F)cc3c(=O)c(C(=O)NCc4ccc(O)cc4C)cn(C4CC4)c3c2OC)CC1C. The number of amides is 1. The van der Waals surface area contributed by atoms with Crippen molar-refractivity contribution in [1.29, 1.82) is 0 Å². The molecule has 5 rings (SSSR count). The zero-order valence-electron chi connectivity index (χ0n) is 24.4. The van der Waals surface area contributed by atoms with Gasteiger partial charge < -0.3 is 29.4 Å². The van der Waals surface area contributed by atoms with E-state index in [2.05, 4.69) is 5.32 Å². The van der Waals surface area contributed by atoms with Crippen molar-refractivity contribution in [2.75, 3.05) is 44.8 Å². The number of halogens is 1. The number of anilines is 1. The van der Waals surface area contributed by atoms with Gasteiger partial charge in [0.2, 0.25) is 5.43 Å². The van der Waals surface area contributed by atoms with Crippen LogP contribution in [0.5, 0.6) is 11.5 Å². The maximum atomic E-state index is 15.9. The van der Waals surface area contributed by atoms with Crippen molar-refractivity contribution in [3.63, 3.8) is 0 Å². The van der Waals surface area contributed by atoms with Gasteiger partial charge in [-0.1, -0.05) is 6.07 Å². The number of esters is 1. The number of benzene rings is 2. The number of phenols is 1. The minimum Gasteiger partial charge on any atom is -0.508 e. The van der Waals surface area contributed by atoms with Crippen molar-refractivity contribution in [3.05, 3.63) is 63.2 Å². The first-order valence-corrected chi connectivity index (χ1v) is 14.3. The molecule has 3 aromatic rings. The molecular formula is C31H37FN4O6. The Kier molecular flexibility index (Phi) is 8.40. The second-order valence-electron chi connectivity index (χ2n) is 11.0. The van der Waals surface area contributed by atoms with Crippen LogP contribution < -0.4 is 20.4 Å². The fourth-order valence-electron chi connectivity index (χ4n) is 5.69. The molecule has 2 aliphatic rings. The molecule has 2 heterocycles. The molecule has 0 radical (unpaired) electrons. The van der Waals surface area contributed by atoms with Crippen molar-refractivity contribution in [3.8, 4) is 11.5 Å². The van der Waals surface area contributed by atoms with Crippen LogP contribution in [0.1, 0.15) is 54.2 Å².